The van der Waals surface area contributed by atoms with Crippen LogP contribution >= 0.6 is 0 Å². The molecule has 6 nitrogen and oxygen atoms in total. The molecule has 6 heteroatoms. The van der Waals surface area contributed by atoms with E-state index in [1.807, 2.05) is 110 Å². The van der Waals surface area contributed by atoms with Gasteiger partial charge in [0.15, 0.2) is 0 Å². The standard InChI is InChI=1S/C35H33N3O3/c1-4-23(2)32(34(39)36-24-18-20-26(21-19-24)41-25-12-6-5-7-13-25)38-33(28-15-8-9-16-29(28)35(38)40)30-22-37(3)31-17-11-10-14-27(30)31/h5-23,32-33H,4H2,1-3H3,(H,36,39). The predicted octanol–water partition coefficient (Wildman–Crippen LogP) is 7.57. The average Bonchev–Trinajstić information content (AvgIpc) is 3.48. The van der Waals surface area contributed by atoms with Crippen LogP contribution in [0, 0.1) is 5.92 Å². The van der Waals surface area contributed by atoms with Gasteiger partial charge in [-0.05, 0) is 60.0 Å². The van der Waals surface area contributed by atoms with Gasteiger partial charge >= 0.3 is 0 Å². The summed E-state index contributed by atoms with van der Waals surface area (Å²) in [6.07, 6.45) is 2.83. The molecule has 0 fully saturated rings. The summed E-state index contributed by atoms with van der Waals surface area (Å²) < 4.78 is 7.99. The number of aryl methyl sites for hydroxylation is 1. The molecule has 0 saturated heterocycles. The zero-order valence-electron chi connectivity index (χ0n) is 23.5. The van der Waals surface area contributed by atoms with Crippen molar-refractivity contribution in [2.24, 2.45) is 13.0 Å². The second-order valence-electron chi connectivity index (χ2n) is 10.7. The van der Waals surface area contributed by atoms with Crippen LogP contribution in [0.3, 0.4) is 0 Å². The largest absolute Gasteiger partial charge is 0.457 e. The van der Waals surface area contributed by atoms with Crippen LogP contribution in [0.1, 0.15) is 47.8 Å². The molecule has 0 radical (unpaired) electrons. The van der Waals surface area contributed by atoms with Crippen LogP contribution in [0.5, 0.6) is 11.5 Å². The van der Waals surface area contributed by atoms with E-state index < -0.39 is 6.04 Å². The zero-order chi connectivity index (χ0) is 28.5. The van der Waals surface area contributed by atoms with E-state index in [9.17, 15) is 9.59 Å². The lowest BCUT2D eigenvalue weighted by atomic mass is 9.92. The molecule has 206 valence electrons. The Morgan fingerprint density at radius 1 is 0.854 bits per heavy atom. The second-order valence-corrected chi connectivity index (χ2v) is 10.7. The minimum atomic E-state index is -0.677. The molecule has 0 bridgehead atoms. The molecule has 0 aliphatic carbocycles. The molecule has 0 spiro atoms. The molecule has 1 N–H and O–H groups in total. The summed E-state index contributed by atoms with van der Waals surface area (Å²) in [4.78, 5) is 30.0. The van der Waals surface area contributed by atoms with E-state index >= 15 is 0 Å². The van der Waals surface area contributed by atoms with Gasteiger partial charge < -0.3 is 19.5 Å². The van der Waals surface area contributed by atoms with Crippen molar-refractivity contribution in [3.63, 3.8) is 0 Å². The molecule has 1 aliphatic heterocycles. The number of rotatable bonds is 8. The number of hydrogen-bond acceptors (Lipinski definition) is 3. The number of aromatic nitrogens is 1. The first-order valence-corrected chi connectivity index (χ1v) is 14.1. The number of ether oxygens (including phenoxy) is 1. The Morgan fingerprint density at radius 3 is 2.27 bits per heavy atom. The first kappa shape index (κ1) is 26.4. The van der Waals surface area contributed by atoms with Crippen LogP contribution in [-0.4, -0.2) is 27.3 Å². The van der Waals surface area contributed by atoms with Gasteiger partial charge in [-0.3, -0.25) is 9.59 Å². The number of fused-ring (bicyclic) bond motifs is 2. The molecule has 4 aromatic carbocycles. The van der Waals surface area contributed by atoms with Crippen LogP contribution in [0.25, 0.3) is 10.9 Å². The number of nitrogens with zero attached hydrogens (tertiary/aromatic N) is 2. The van der Waals surface area contributed by atoms with Crippen molar-refractivity contribution in [1.29, 1.82) is 0 Å². The third-order valence-electron chi connectivity index (χ3n) is 8.07. The molecular weight excluding hydrogens is 510 g/mol. The highest BCUT2D eigenvalue weighted by Crippen LogP contribution is 2.44. The number of benzene rings is 4. The van der Waals surface area contributed by atoms with Gasteiger partial charge in [-0.15, -0.1) is 0 Å². The molecule has 2 amide bonds. The highest BCUT2D eigenvalue weighted by Gasteiger charge is 2.46. The first-order chi connectivity index (χ1) is 20.0. The lowest BCUT2D eigenvalue weighted by Gasteiger charge is -2.36. The fourth-order valence-corrected chi connectivity index (χ4v) is 5.86. The molecule has 2 heterocycles. The van der Waals surface area contributed by atoms with Crippen molar-refractivity contribution in [1.82, 2.24) is 9.47 Å². The number of nitrogens with one attached hydrogen (secondary N) is 1. The summed E-state index contributed by atoms with van der Waals surface area (Å²) in [5.41, 5.74) is 4.33. The number of amides is 2. The van der Waals surface area contributed by atoms with Gasteiger partial charge in [0.05, 0.1) is 6.04 Å². The van der Waals surface area contributed by atoms with Crippen LogP contribution in [0.15, 0.2) is 109 Å². The molecule has 41 heavy (non-hydrogen) atoms. The summed E-state index contributed by atoms with van der Waals surface area (Å²) >= 11 is 0. The first-order valence-electron chi connectivity index (χ1n) is 14.1. The van der Waals surface area contributed by atoms with E-state index in [1.54, 1.807) is 0 Å². The Bertz CT molecular complexity index is 1710. The third-order valence-corrected chi connectivity index (χ3v) is 8.07. The summed E-state index contributed by atoms with van der Waals surface area (Å²) in [5.74, 6) is 1.01. The number of carbonyl (C=O) groups excluding carboxylic acids is 2. The fraction of sp³-hybridized carbons (Fsp3) is 0.200. The number of carbonyl (C=O) groups is 2. The van der Waals surface area contributed by atoms with Crippen molar-refractivity contribution in [2.45, 2.75) is 32.4 Å². The summed E-state index contributed by atoms with van der Waals surface area (Å²) in [5, 5.41) is 4.17. The highest BCUT2D eigenvalue weighted by atomic mass is 16.5. The lowest BCUT2D eigenvalue weighted by Crippen LogP contribution is -2.49. The molecule has 1 aliphatic rings. The van der Waals surface area contributed by atoms with Crippen molar-refractivity contribution >= 4 is 28.4 Å². The maximum atomic E-state index is 14.1. The zero-order valence-corrected chi connectivity index (χ0v) is 23.5. The predicted molar refractivity (Wildman–Crippen MR) is 162 cm³/mol. The maximum Gasteiger partial charge on any atom is 0.255 e. The number of anilines is 1. The minimum Gasteiger partial charge on any atom is -0.457 e. The summed E-state index contributed by atoms with van der Waals surface area (Å²) in [7, 11) is 2.02. The smallest absolute Gasteiger partial charge is 0.255 e. The van der Waals surface area contributed by atoms with Gasteiger partial charge in [-0.25, -0.2) is 0 Å². The van der Waals surface area contributed by atoms with Crippen LogP contribution in [0.4, 0.5) is 5.69 Å². The van der Waals surface area contributed by atoms with Crippen molar-refractivity contribution in [2.75, 3.05) is 5.32 Å². The SMILES string of the molecule is CCC(C)C(C(=O)Nc1ccc(Oc2ccccc2)cc1)N1C(=O)c2ccccc2C1c1cn(C)c2ccccc12. The Kier molecular flexibility index (Phi) is 7.06. The van der Waals surface area contributed by atoms with E-state index in [0.29, 0.717) is 17.0 Å². The van der Waals surface area contributed by atoms with Crippen LogP contribution in [0.2, 0.25) is 0 Å². The highest BCUT2D eigenvalue weighted by molar-refractivity contribution is 6.05. The summed E-state index contributed by atoms with van der Waals surface area (Å²) in [6.45, 7) is 4.10. The Labute approximate surface area is 240 Å². The Morgan fingerprint density at radius 2 is 1.51 bits per heavy atom. The van der Waals surface area contributed by atoms with Crippen molar-refractivity contribution in [3.8, 4) is 11.5 Å². The Hall–Kier alpha value is -4.84. The molecule has 5 aromatic rings. The quantitative estimate of drug-likeness (QED) is 0.220. The van der Waals surface area contributed by atoms with E-state index in [0.717, 1.165) is 34.2 Å². The van der Waals surface area contributed by atoms with E-state index in [4.69, 9.17) is 4.74 Å². The fourth-order valence-electron chi connectivity index (χ4n) is 5.86. The number of para-hydroxylation sites is 2. The second kappa shape index (κ2) is 11.0. The number of hydrogen-bond donors (Lipinski definition) is 1. The third kappa shape index (κ3) is 4.86. The normalized spacial score (nSPS) is 15.9. The minimum absolute atomic E-state index is 0.0774. The molecular formula is C35H33N3O3. The van der Waals surface area contributed by atoms with Gasteiger partial charge in [-0.1, -0.05) is 74.9 Å². The molecule has 3 unspecified atom stereocenters. The van der Waals surface area contributed by atoms with Gasteiger partial charge in [0.2, 0.25) is 5.91 Å². The molecule has 0 saturated carbocycles. The monoisotopic (exact) mass is 543 g/mol. The van der Waals surface area contributed by atoms with Crippen molar-refractivity contribution in [3.05, 3.63) is 126 Å². The molecule has 3 atom stereocenters. The molecule has 1 aromatic heterocycles. The Balaban J connectivity index is 1.35. The van der Waals surface area contributed by atoms with E-state index in [2.05, 4.69) is 35.1 Å². The van der Waals surface area contributed by atoms with Crippen LogP contribution in [-0.2, 0) is 11.8 Å². The van der Waals surface area contributed by atoms with Crippen LogP contribution < -0.4 is 10.1 Å². The lowest BCUT2D eigenvalue weighted by molar-refractivity contribution is -0.122. The van der Waals surface area contributed by atoms with E-state index in [1.165, 1.54) is 0 Å². The van der Waals surface area contributed by atoms with Gasteiger partial charge in [0.1, 0.15) is 17.5 Å². The van der Waals surface area contributed by atoms with Gasteiger partial charge in [-0.2, -0.15) is 0 Å². The van der Waals surface area contributed by atoms with Gasteiger partial charge in [0.25, 0.3) is 5.91 Å². The maximum absolute atomic E-state index is 14.1. The van der Waals surface area contributed by atoms with E-state index in [-0.39, 0.29) is 23.8 Å². The van der Waals surface area contributed by atoms with Gasteiger partial charge in [0, 0.05) is 41.0 Å². The summed E-state index contributed by atoms with van der Waals surface area (Å²) in [6, 6.07) is 31.7. The average molecular weight is 544 g/mol. The van der Waals surface area contributed by atoms with Crippen molar-refractivity contribution < 1.29 is 14.3 Å². The topological polar surface area (TPSA) is 63.6 Å². The molecule has 6 rings (SSSR count).